The van der Waals surface area contributed by atoms with Crippen molar-refractivity contribution >= 4 is 17.9 Å². The molecule has 1 fully saturated rings. The second-order valence-corrected chi connectivity index (χ2v) is 4.84. The summed E-state index contributed by atoms with van der Waals surface area (Å²) in [5.41, 5.74) is 5.17. The number of amides is 3. The predicted octanol–water partition coefficient (Wildman–Crippen LogP) is -0.388. The molecule has 0 spiro atoms. The highest BCUT2D eigenvalue weighted by molar-refractivity contribution is 5.84. The van der Waals surface area contributed by atoms with Crippen molar-refractivity contribution in [3.05, 3.63) is 0 Å². The van der Waals surface area contributed by atoms with Gasteiger partial charge in [-0.3, -0.25) is 4.79 Å². The van der Waals surface area contributed by atoms with E-state index in [9.17, 15) is 14.4 Å². The van der Waals surface area contributed by atoms with Gasteiger partial charge >= 0.3 is 12.0 Å². The molecule has 2 unspecified atom stereocenters. The van der Waals surface area contributed by atoms with Crippen LogP contribution < -0.4 is 11.1 Å². The lowest BCUT2D eigenvalue weighted by Crippen LogP contribution is -2.49. The molecule has 0 aromatic heterocycles. The third kappa shape index (κ3) is 3.35. The Bertz CT molecular complexity index is 356. The number of carbonyl (C=O) groups is 3. The standard InChI is InChI=1S/C11H19N3O4/c1-6(2)8(10(16)17)13-11(18)14-4-3-7(5-14)9(12)15/h6-8H,3-5H2,1-2H3,(H2,12,15)(H,13,18)(H,16,17). The number of primary amides is 1. The van der Waals surface area contributed by atoms with Crippen molar-refractivity contribution in [1.82, 2.24) is 10.2 Å². The average molecular weight is 257 g/mol. The van der Waals surface area contributed by atoms with E-state index in [0.29, 0.717) is 13.0 Å². The Hall–Kier alpha value is -1.79. The summed E-state index contributed by atoms with van der Waals surface area (Å²) >= 11 is 0. The van der Waals surface area contributed by atoms with Gasteiger partial charge in [0.05, 0.1) is 5.92 Å². The number of carboxylic acids is 1. The Balaban J connectivity index is 2.56. The molecule has 1 heterocycles. The quantitative estimate of drug-likeness (QED) is 0.636. The summed E-state index contributed by atoms with van der Waals surface area (Å²) in [6, 6.07) is -1.38. The molecular weight excluding hydrogens is 238 g/mol. The molecule has 1 aliphatic rings. The van der Waals surface area contributed by atoms with Gasteiger partial charge in [0, 0.05) is 13.1 Å². The number of urea groups is 1. The Morgan fingerprint density at radius 3 is 2.39 bits per heavy atom. The van der Waals surface area contributed by atoms with Crippen LogP contribution in [0.25, 0.3) is 0 Å². The largest absolute Gasteiger partial charge is 0.480 e. The van der Waals surface area contributed by atoms with Gasteiger partial charge in [0.25, 0.3) is 0 Å². The summed E-state index contributed by atoms with van der Waals surface area (Å²) in [7, 11) is 0. The molecule has 102 valence electrons. The minimum absolute atomic E-state index is 0.207. The van der Waals surface area contributed by atoms with Gasteiger partial charge in [-0.15, -0.1) is 0 Å². The van der Waals surface area contributed by atoms with Gasteiger partial charge in [-0.2, -0.15) is 0 Å². The van der Waals surface area contributed by atoms with E-state index in [-0.39, 0.29) is 18.4 Å². The van der Waals surface area contributed by atoms with Crippen molar-refractivity contribution in [2.75, 3.05) is 13.1 Å². The highest BCUT2D eigenvalue weighted by Crippen LogP contribution is 2.16. The molecule has 0 bridgehead atoms. The molecule has 3 amide bonds. The molecule has 1 aliphatic heterocycles. The SMILES string of the molecule is CC(C)C(NC(=O)N1CCC(C(N)=O)C1)C(=O)O. The summed E-state index contributed by atoms with van der Waals surface area (Å²) < 4.78 is 0. The molecule has 4 N–H and O–H groups in total. The molecule has 0 aromatic carbocycles. The fourth-order valence-corrected chi connectivity index (χ4v) is 1.91. The second-order valence-electron chi connectivity index (χ2n) is 4.84. The maximum absolute atomic E-state index is 11.8. The highest BCUT2D eigenvalue weighted by atomic mass is 16.4. The molecule has 0 saturated carbocycles. The highest BCUT2D eigenvalue weighted by Gasteiger charge is 2.32. The van der Waals surface area contributed by atoms with Gasteiger partial charge in [0.2, 0.25) is 5.91 Å². The lowest BCUT2D eigenvalue weighted by molar-refractivity contribution is -0.140. The molecule has 1 rings (SSSR count). The molecular formula is C11H19N3O4. The number of hydrogen-bond donors (Lipinski definition) is 3. The molecule has 0 radical (unpaired) electrons. The van der Waals surface area contributed by atoms with Gasteiger partial charge in [0.1, 0.15) is 6.04 Å². The molecule has 0 aromatic rings. The van der Waals surface area contributed by atoms with Crippen LogP contribution in [-0.4, -0.2) is 47.0 Å². The minimum atomic E-state index is -1.07. The number of carboxylic acid groups (broad SMARTS) is 1. The van der Waals surface area contributed by atoms with E-state index < -0.39 is 23.9 Å². The zero-order chi connectivity index (χ0) is 13.9. The van der Waals surface area contributed by atoms with Crippen LogP contribution in [0.2, 0.25) is 0 Å². The normalized spacial score (nSPS) is 20.8. The van der Waals surface area contributed by atoms with Gasteiger partial charge < -0.3 is 21.1 Å². The van der Waals surface area contributed by atoms with Crippen LogP contribution in [-0.2, 0) is 9.59 Å². The van der Waals surface area contributed by atoms with Crippen LogP contribution in [0.1, 0.15) is 20.3 Å². The van der Waals surface area contributed by atoms with Gasteiger partial charge in [-0.1, -0.05) is 13.8 Å². The predicted molar refractivity (Wildman–Crippen MR) is 63.7 cm³/mol. The second kappa shape index (κ2) is 5.70. The maximum atomic E-state index is 11.8. The Morgan fingerprint density at radius 2 is 2.00 bits per heavy atom. The first-order valence-electron chi connectivity index (χ1n) is 5.90. The summed E-state index contributed by atoms with van der Waals surface area (Å²) in [6.07, 6.45) is 0.530. The number of carbonyl (C=O) groups excluding carboxylic acids is 2. The molecule has 2 atom stereocenters. The van der Waals surface area contributed by atoms with Crippen molar-refractivity contribution in [2.24, 2.45) is 17.6 Å². The van der Waals surface area contributed by atoms with E-state index in [1.165, 1.54) is 4.90 Å². The van der Waals surface area contributed by atoms with Crippen LogP contribution in [0, 0.1) is 11.8 Å². The van der Waals surface area contributed by atoms with E-state index in [2.05, 4.69) is 5.32 Å². The number of rotatable bonds is 4. The van der Waals surface area contributed by atoms with Gasteiger partial charge in [-0.05, 0) is 12.3 Å². The lowest BCUT2D eigenvalue weighted by Gasteiger charge is -2.22. The first-order valence-corrected chi connectivity index (χ1v) is 5.90. The first-order chi connectivity index (χ1) is 8.32. The molecule has 1 saturated heterocycles. The number of aliphatic carboxylic acids is 1. The number of hydrogen-bond acceptors (Lipinski definition) is 3. The topological polar surface area (TPSA) is 113 Å². The fourth-order valence-electron chi connectivity index (χ4n) is 1.91. The minimum Gasteiger partial charge on any atom is -0.480 e. The van der Waals surface area contributed by atoms with Crippen LogP contribution in [0.3, 0.4) is 0 Å². The van der Waals surface area contributed by atoms with E-state index in [1.54, 1.807) is 13.8 Å². The van der Waals surface area contributed by atoms with E-state index in [4.69, 9.17) is 10.8 Å². The van der Waals surface area contributed by atoms with Crippen LogP contribution in [0.4, 0.5) is 4.79 Å². The number of likely N-dealkylation sites (tertiary alicyclic amines) is 1. The van der Waals surface area contributed by atoms with Gasteiger partial charge in [0.15, 0.2) is 0 Å². The molecule has 0 aliphatic carbocycles. The summed E-state index contributed by atoms with van der Waals surface area (Å²) in [5.74, 6) is -2.04. The van der Waals surface area contributed by atoms with Crippen molar-refractivity contribution < 1.29 is 19.5 Å². The zero-order valence-electron chi connectivity index (χ0n) is 10.5. The van der Waals surface area contributed by atoms with Crippen molar-refractivity contribution in [2.45, 2.75) is 26.3 Å². The maximum Gasteiger partial charge on any atom is 0.326 e. The smallest absolute Gasteiger partial charge is 0.326 e. The lowest BCUT2D eigenvalue weighted by atomic mass is 10.1. The fraction of sp³-hybridized carbons (Fsp3) is 0.727. The Morgan fingerprint density at radius 1 is 1.39 bits per heavy atom. The Kier molecular flexibility index (Phi) is 4.52. The average Bonchev–Trinajstić information content (AvgIpc) is 2.73. The molecule has 18 heavy (non-hydrogen) atoms. The summed E-state index contributed by atoms with van der Waals surface area (Å²) in [4.78, 5) is 35.2. The number of nitrogens with two attached hydrogens (primary N) is 1. The Labute approximate surface area is 105 Å². The third-order valence-corrected chi connectivity index (χ3v) is 3.09. The van der Waals surface area contributed by atoms with Crippen molar-refractivity contribution in [3.63, 3.8) is 0 Å². The molecule has 7 nitrogen and oxygen atoms in total. The van der Waals surface area contributed by atoms with Crippen molar-refractivity contribution in [3.8, 4) is 0 Å². The number of nitrogens with one attached hydrogen (secondary N) is 1. The van der Waals surface area contributed by atoms with E-state index in [1.807, 2.05) is 0 Å². The zero-order valence-corrected chi connectivity index (χ0v) is 10.5. The van der Waals surface area contributed by atoms with Gasteiger partial charge in [-0.25, -0.2) is 9.59 Å². The van der Waals surface area contributed by atoms with E-state index in [0.717, 1.165) is 0 Å². The summed E-state index contributed by atoms with van der Waals surface area (Å²) in [6.45, 7) is 4.11. The molecule has 7 heteroatoms. The van der Waals surface area contributed by atoms with Crippen molar-refractivity contribution in [1.29, 1.82) is 0 Å². The third-order valence-electron chi connectivity index (χ3n) is 3.09. The first kappa shape index (κ1) is 14.3. The summed E-state index contributed by atoms with van der Waals surface area (Å²) in [5, 5.41) is 11.4. The number of nitrogens with zero attached hydrogens (tertiary/aromatic N) is 1. The van der Waals surface area contributed by atoms with Crippen LogP contribution in [0.15, 0.2) is 0 Å². The van der Waals surface area contributed by atoms with Crippen LogP contribution >= 0.6 is 0 Å². The monoisotopic (exact) mass is 257 g/mol. The van der Waals surface area contributed by atoms with Crippen LogP contribution in [0.5, 0.6) is 0 Å². The van der Waals surface area contributed by atoms with E-state index >= 15 is 0 Å².